The van der Waals surface area contributed by atoms with E-state index in [-0.39, 0.29) is 29.6 Å². The van der Waals surface area contributed by atoms with Crippen LogP contribution < -0.4 is 15.4 Å². The molecular formula is C20H19F2N5O2. The third-order valence-electron chi connectivity index (χ3n) is 4.95. The third kappa shape index (κ3) is 4.32. The molecule has 1 atom stereocenters. The largest absolute Gasteiger partial charge is 0.483 e. The number of nitrogens with one attached hydrogen (secondary N) is 2. The normalized spacial score (nSPS) is 20.5. The van der Waals surface area contributed by atoms with E-state index in [4.69, 9.17) is 4.74 Å². The minimum atomic E-state index is -3.01. The van der Waals surface area contributed by atoms with E-state index in [1.165, 1.54) is 18.5 Å². The number of aromatic nitrogens is 2. The van der Waals surface area contributed by atoms with E-state index in [0.29, 0.717) is 23.6 Å². The third-order valence-corrected chi connectivity index (χ3v) is 4.95. The van der Waals surface area contributed by atoms with Crippen molar-refractivity contribution in [3.63, 3.8) is 0 Å². The maximum atomic E-state index is 14.0. The van der Waals surface area contributed by atoms with Crippen LogP contribution in [0.15, 0.2) is 30.6 Å². The molecule has 1 saturated heterocycles. The van der Waals surface area contributed by atoms with E-state index >= 15 is 0 Å². The molecule has 150 valence electrons. The maximum absolute atomic E-state index is 14.0. The molecule has 29 heavy (non-hydrogen) atoms. The number of amides is 1. The molecule has 1 unspecified atom stereocenters. The average Bonchev–Trinajstić information content (AvgIpc) is 3.55. The van der Waals surface area contributed by atoms with E-state index in [9.17, 15) is 18.8 Å². The predicted molar refractivity (Wildman–Crippen MR) is 100 cm³/mol. The highest BCUT2D eigenvalue weighted by atomic mass is 19.3. The van der Waals surface area contributed by atoms with Crippen LogP contribution in [0.3, 0.4) is 0 Å². The predicted octanol–water partition coefficient (Wildman–Crippen LogP) is 2.74. The van der Waals surface area contributed by atoms with Gasteiger partial charge in [-0.25, -0.2) is 18.7 Å². The van der Waals surface area contributed by atoms with Gasteiger partial charge in [0.05, 0.1) is 17.8 Å². The fourth-order valence-corrected chi connectivity index (χ4v) is 3.15. The molecule has 0 bridgehead atoms. The van der Waals surface area contributed by atoms with E-state index < -0.39 is 18.6 Å². The topological polar surface area (TPSA) is 99.9 Å². The lowest BCUT2D eigenvalue weighted by molar-refractivity contribution is -0.117. The lowest BCUT2D eigenvalue weighted by atomic mass is 10.0. The average molecular weight is 399 g/mol. The molecule has 0 spiro atoms. The monoisotopic (exact) mass is 399 g/mol. The Bertz CT molecular complexity index is 972. The summed E-state index contributed by atoms with van der Waals surface area (Å²) in [7, 11) is 0. The van der Waals surface area contributed by atoms with Gasteiger partial charge in [-0.05, 0) is 37.6 Å². The zero-order valence-corrected chi connectivity index (χ0v) is 15.5. The molecule has 2 fully saturated rings. The first-order chi connectivity index (χ1) is 14.0. The van der Waals surface area contributed by atoms with E-state index in [1.807, 2.05) is 6.07 Å². The molecule has 0 radical (unpaired) electrons. The van der Waals surface area contributed by atoms with Crippen molar-refractivity contribution >= 4 is 11.7 Å². The number of benzene rings is 1. The van der Waals surface area contributed by atoms with Gasteiger partial charge in [0.1, 0.15) is 24.0 Å². The lowest BCUT2D eigenvalue weighted by Gasteiger charge is -2.32. The van der Waals surface area contributed by atoms with Gasteiger partial charge in [0.25, 0.3) is 5.92 Å². The zero-order valence-electron chi connectivity index (χ0n) is 15.5. The van der Waals surface area contributed by atoms with Crippen LogP contribution >= 0.6 is 0 Å². The molecule has 9 heteroatoms. The number of ether oxygens (including phenoxy) is 1. The summed E-state index contributed by atoms with van der Waals surface area (Å²) in [4.78, 5) is 20.1. The summed E-state index contributed by atoms with van der Waals surface area (Å²) in [5.74, 6) is -2.55. The second kappa shape index (κ2) is 7.72. The molecule has 1 aliphatic carbocycles. The minimum Gasteiger partial charge on any atom is -0.483 e. The Hall–Kier alpha value is -3.12. The number of hydrogen-bond acceptors (Lipinski definition) is 6. The van der Waals surface area contributed by atoms with Gasteiger partial charge in [-0.3, -0.25) is 4.79 Å². The summed E-state index contributed by atoms with van der Waals surface area (Å²) >= 11 is 0. The molecule has 2 N–H and O–H groups in total. The number of nitriles is 1. The molecule has 2 heterocycles. The van der Waals surface area contributed by atoms with Crippen molar-refractivity contribution < 1.29 is 18.3 Å². The first-order valence-corrected chi connectivity index (χ1v) is 9.39. The smallest absolute Gasteiger partial charge is 0.296 e. The summed E-state index contributed by atoms with van der Waals surface area (Å²) in [6.07, 6.45) is 1.95. The van der Waals surface area contributed by atoms with Crippen molar-refractivity contribution in [2.24, 2.45) is 5.92 Å². The highest BCUT2D eigenvalue weighted by Gasteiger charge is 2.43. The molecule has 1 aliphatic heterocycles. The zero-order chi connectivity index (χ0) is 20.4. The number of halogens is 2. The van der Waals surface area contributed by atoms with Crippen molar-refractivity contribution in [3.8, 4) is 23.1 Å². The van der Waals surface area contributed by atoms with Gasteiger partial charge in [0.2, 0.25) is 5.91 Å². The minimum absolute atomic E-state index is 0.0446. The first-order valence-electron chi connectivity index (χ1n) is 9.39. The van der Waals surface area contributed by atoms with Crippen molar-refractivity contribution in [1.82, 2.24) is 15.3 Å². The number of carbonyl (C=O) groups excluding carboxylic acids is 1. The van der Waals surface area contributed by atoms with Crippen LogP contribution in [0.1, 0.15) is 24.8 Å². The van der Waals surface area contributed by atoms with Crippen LogP contribution in [0.25, 0.3) is 11.3 Å². The number of piperidine rings is 1. The standard InChI is InChI=1S/C20H19F2N5O2/c21-20(22)10-24-6-5-17(20)29-16-4-3-13(7-14(16)9-23)15-8-18(26-11-25-15)27-19(28)12-1-2-12/h3-4,7-8,11-12,17,24H,1-2,5-6,10H2,(H,25,26,27,28). The molecule has 4 rings (SSSR count). The molecule has 2 aromatic rings. The Morgan fingerprint density at radius 1 is 1.28 bits per heavy atom. The van der Waals surface area contributed by atoms with E-state index in [1.54, 1.807) is 12.1 Å². The van der Waals surface area contributed by atoms with Crippen LogP contribution in [-0.2, 0) is 4.79 Å². The summed E-state index contributed by atoms with van der Waals surface area (Å²) in [6.45, 7) is -0.0234. The Morgan fingerprint density at radius 3 is 2.83 bits per heavy atom. The van der Waals surface area contributed by atoms with Gasteiger partial charge in [-0.1, -0.05) is 0 Å². The molecule has 1 saturated carbocycles. The van der Waals surface area contributed by atoms with Gasteiger partial charge in [0, 0.05) is 24.0 Å². The number of rotatable bonds is 5. The van der Waals surface area contributed by atoms with Crippen molar-refractivity contribution in [3.05, 3.63) is 36.2 Å². The number of anilines is 1. The maximum Gasteiger partial charge on any atom is 0.296 e. The number of nitrogens with zero attached hydrogens (tertiary/aromatic N) is 3. The molecular weight excluding hydrogens is 380 g/mol. The van der Waals surface area contributed by atoms with Gasteiger partial charge < -0.3 is 15.4 Å². The van der Waals surface area contributed by atoms with Crippen LogP contribution in [0.5, 0.6) is 5.75 Å². The second-order valence-corrected chi connectivity index (χ2v) is 7.21. The van der Waals surface area contributed by atoms with Crippen molar-refractivity contribution in [2.75, 3.05) is 18.4 Å². The van der Waals surface area contributed by atoms with Crippen LogP contribution in [0.2, 0.25) is 0 Å². The highest BCUT2D eigenvalue weighted by molar-refractivity contribution is 5.93. The first kappa shape index (κ1) is 19.2. The summed E-state index contributed by atoms with van der Waals surface area (Å²) in [6, 6.07) is 8.27. The summed E-state index contributed by atoms with van der Waals surface area (Å²) in [5, 5.41) is 14.9. The summed E-state index contributed by atoms with van der Waals surface area (Å²) < 4.78 is 33.5. The molecule has 1 aromatic heterocycles. The lowest BCUT2D eigenvalue weighted by Crippen LogP contribution is -2.52. The van der Waals surface area contributed by atoms with Crippen molar-refractivity contribution in [1.29, 1.82) is 5.26 Å². The Balaban J connectivity index is 1.55. The Morgan fingerprint density at radius 2 is 2.10 bits per heavy atom. The number of alkyl halides is 2. The number of hydrogen-bond donors (Lipinski definition) is 2. The van der Waals surface area contributed by atoms with Crippen LogP contribution in [-0.4, -0.2) is 41.0 Å². The summed E-state index contributed by atoms with van der Waals surface area (Å²) in [5.41, 5.74) is 1.23. The van der Waals surface area contributed by atoms with E-state index in [2.05, 4.69) is 20.6 Å². The van der Waals surface area contributed by atoms with Crippen LogP contribution in [0, 0.1) is 17.2 Å². The highest BCUT2D eigenvalue weighted by Crippen LogP contribution is 2.32. The van der Waals surface area contributed by atoms with Crippen LogP contribution in [0.4, 0.5) is 14.6 Å². The molecule has 1 amide bonds. The molecule has 2 aliphatic rings. The fraction of sp³-hybridized carbons (Fsp3) is 0.400. The quantitative estimate of drug-likeness (QED) is 0.802. The number of carbonyl (C=O) groups is 1. The van der Waals surface area contributed by atoms with E-state index in [0.717, 1.165) is 12.8 Å². The van der Waals surface area contributed by atoms with Gasteiger partial charge in [-0.2, -0.15) is 5.26 Å². The Kier molecular flexibility index (Phi) is 5.11. The van der Waals surface area contributed by atoms with Gasteiger partial charge in [-0.15, -0.1) is 0 Å². The SMILES string of the molecule is N#Cc1cc(-c2cc(NC(=O)C3CC3)ncn2)ccc1OC1CCNCC1(F)F. The molecule has 1 aromatic carbocycles. The van der Waals surface area contributed by atoms with Gasteiger partial charge >= 0.3 is 0 Å². The van der Waals surface area contributed by atoms with Gasteiger partial charge in [0.15, 0.2) is 6.10 Å². The van der Waals surface area contributed by atoms with Crippen molar-refractivity contribution in [2.45, 2.75) is 31.3 Å². The second-order valence-electron chi connectivity index (χ2n) is 7.21. The Labute approximate surface area is 166 Å². The molecule has 7 nitrogen and oxygen atoms in total. The fourth-order valence-electron chi connectivity index (χ4n) is 3.15.